The Balaban J connectivity index is 2.97. The third-order valence-electron chi connectivity index (χ3n) is 1.29. The molecule has 0 saturated carbocycles. The van der Waals surface area contributed by atoms with E-state index < -0.39 is 0 Å². The summed E-state index contributed by atoms with van der Waals surface area (Å²) < 4.78 is 0. The summed E-state index contributed by atoms with van der Waals surface area (Å²) in [7, 11) is 0. The summed E-state index contributed by atoms with van der Waals surface area (Å²) in [4.78, 5) is 0. The Morgan fingerprint density at radius 1 is 1.45 bits per heavy atom. The number of amidine groups is 1. The molecule has 0 heterocycles. The number of thioether (sulfide) groups is 1. The Morgan fingerprint density at radius 2 is 2.09 bits per heavy atom. The predicted molar refractivity (Wildman–Crippen MR) is 53.4 cm³/mol. The van der Waals surface area contributed by atoms with Crippen LogP contribution in [-0.4, -0.2) is 16.8 Å². The van der Waals surface area contributed by atoms with Crippen molar-refractivity contribution in [2.75, 3.05) is 5.75 Å². The zero-order valence-corrected chi connectivity index (χ0v) is 8.21. The second-order valence-electron chi connectivity index (χ2n) is 2.90. The Labute approximate surface area is 73.4 Å². The summed E-state index contributed by atoms with van der Waals surface area (Å²) in [6, 6.07) is 0. The molecule has 0 saturated heterocycles. The quantitative estimate of drug-likeness (QED) is 0.368. The monoisotopic (exact) mass is 174 g/mol. The Hall–Kier alpha value is -0.180. The van der Waals surface area contributed by atoms with Crippen molar-refractivity contribution >= 4 is 17.6 Å². The number of rotatable bonds is 6. The van der Waals surface area contributed by atoms with Crippen molar-refractivity contribution in [2.45, 2.75) is 38.4 Å². The highest BCUT2D eigenvalue weighted by molar-refractivity contribution is 7.99. The lowest BCUT2D eigenvalue weighted by molar-refractivity contribution is 0.835. The lowest BCUT2D eigenvalue weighted by atomic mass is 10.2. The van der Waals surface area contributed by atoms with Crippen molar-refractivity contribution in [3.8, 4) is 0 Å². The molecular weight excluding hydrogens is 156 g/mol. The molecule has 11 heavy (non-hydrogen) atoms. The highest BCUT2D eigenvalue weighted by atomic mass is 32.2. The molecule has 0 bridgehead atoms. The highest BCUT2D eigenvalue weighted by Crippen LogP contribution is 2.11. The van der Waals surface area contributed by atoms with E-state index >= 15 is 0 Å². The van der Waals surface area contributed by atoms with Crippen LogP contribution in [0.3, 0.4) is 0 Å². The first-order valence-corrected chi connectivity index (χ1v) is 5.12. The van der Waals surface area contributed by atoms with Gasteiger partial charge in [0.1, 0.15) is 0 Å². The van der Waals surface area contributed by atoms with Gasteiger partial charge in [0.2, 0.25) is 0 Å². The van der Waals surface area contributed by atoms with Crippen LogP contribution < -0.4 is 5.73 Å². The molecule has 0 aliphatic rings. The molecule has 0 amide bonds. The van der Waals surface area contributed by atoms with Crippen LogP contribution >= 0.6 is 11.8 Å². The maximum Gasteiger partial charge on any atom is 0.0905 e. The molecule has 0 aliphatic carbocycles. The maximum atomic E-state index is 6.99. The fraction of sp³-hybridized carbons (Fsp3) is 0.875. The van der Waals surface area contributed by atoms with Crippen LogP contribution in [0.5, 0.6) is 0 Å². The van der Waals surface area contributed by atoms with Crippen molar-refractivity contribution in [3.05, 3.63) is 0 Å². The third-order valence-corrected chi connectivity index (χ3v) is 2.48. The SMILES string of the molecule is CC(C)SCCCCC(=N)N. The minimum atomic E-state index is 0.319. The second-order valence-corrected chi connectivity index (χ2v) is 4.59. The summed E-state index contributed by atoms with van der Waals surface area (Å²) in [6.45, 7) is 4.41. The van der Waals surface area contributed by atoms with Gasteiger partial charge in [-0.05, 0) is 23.8 Å². The Bertz CT molecular complexity index is 113. The van der Waals surface area contributed by atoms with Crippen molar-refractivity contribution in [2.24, 2.45) is 5.73 Å². The molecule has 0 fully saturated rings. The van der Waals surface area contributed by atoms with Crippen LogP contribution in [0.25, 0.3) is 0 Å². The first-order valence-electron chi connectivity index (χ1n) is 4.07. The fourth-order valence-corrected chi connectivity index (χ4v) is 1.58. The minimum absolute atomic E-state index is 0.319. The lowest BCUT2D eigenvalue weighted by Crippen LogP contribution is -2.08. The molecule has 3 N–H and O–H groups in total. The van der Waals surface area contributed by atoms with Crippen LogP contribution in [0.15, 0.2) is 0 Å². The van der Waals surface area contributed by atoms with Crippen LogP contribution in [0, 0.1) is 5.41 Å². The molecular formula is C8H18N2S. The van der Waals surface area contributed by atoms with E-state index in [-0.39, 0.29) is 0 Å². The van der Waals surface area contributed by atoms with E-state index in [2.05, 4.69) is 13.8 Å². The van der Waals surface area contributed by atoms with E-state index in [0.717, 1.165) is 18.1 Å². The average Bonchev–Trinajstić information content (AvgIpc) is 1.85. The van der Waals surface area contributed by atoms with Crippen LogP contribution in [-0.2, 0) is 0 Å². The first kappa shape index (κ1) is 10.8. The van der Waals surface area contributed by atoms with Crippen LogP contribution in [0.1, 0.15) is 33.1 Å². The number of hydrogen-bond donors (Lipinski definition) is 2. The molecule has 0 radical (unpaired) electrons. The van der Waals surface area contributed by atoms with Gasteiger partial charge in [-0.2, -0.15) is 11.8 Å². The van der Waals surface area contributed by atoms with Gasteiger partial charge in [0.05, 0.1) is 5.84 Å². The fourth-order valence-electron chi connectivity index (χ4n) is 0.737. The third kappa shape index (κ3) is 9.82. The van der Waals surface area contributed by atoms with Gasteiger partial charge in [-0.25, -0.2) is 0 Å². The topological polar surface area (TPSA) is 49.9 Å². The van der Waals surface area contributed by atoms with Gasteiger partial charge >= 0.3 is 0 Å². The molecule has 0 spiro atoms. The highest BCUT2D eigenvalue weighted by Gasteiger charge is 1.94. The number of nitrogens with two attached hydrogens (primary N) is 1. The number of unbranched alkanes of at least 4 members (excludes halogenated alkanes) is 1. The normalized spacial score (nSPS) is 10.5. The lowest BCUT2D eigenvalue weighted by Gasteiger charge is -2.03. The molecule has 0 aromatic carbocycles. The van der Waals surface area contributed by atoms with E-state index in [1.165, 1.54) is 12.2 Å². The van der Waals surface area contributed by atoms with Gasteiger partial charge in [-0.1, -0.05) is 13.8 Å². The molecule has 0 aromatic heterocycles. The van der Waals surface area contributed by atoms with E-state index in [9.17, 15) is 0 Å². The van der Waals surface area contributed by atoms with Crippen molar-refractivity contribution in [1.29, 1.82) is 5.41 Å². The van der Waals surface area contributed by atoms with Crippen molar-refractivity contribution in [1.82, 2.24) is 0 Å². The van der Waals surface area contributed by atoms with Gasteiger partial charge in [0.15, 0.2) is 0 Å². The van der Waals surface area contributed by atoms with Crippen molar-refractivity contribution in [3.63, 3.8) is 0 Å². The summed E-state index contributed by atoms with van der Waals surface area (Å²) in [5.74, 6) is 1.52. The number of hydrogen-bond acceptors (Lipinski definition) is 2. The van der Waals surface area contributed by atoms with Gasteiger partial charge in [-0.3, -0.25) is 5.41 Å². The minimum Gasteiger partial charge on any atom is -0.388 e. The molecule has 0 atom stereocenters. The Morgan fingerprint density at radius 3 is 2.55 bits per heavy atom. The van der Waals surface area contributed by atoms with Gasteiger partial charge in [-0.15, -0.1) is 0 Å². The molecule has 3 heteroatoms. The standard InChI is InChI=1S/C8H18N2S/c1-7(2)11-6-4-3-5-8(9)10/h7H,3-6H2,1-2H3,(H3,9,10). The summed E-state index contributed by atoms with van der Waals surface area (Å²) in [5.41, 5.74) is 5.21. The van der Waals surface area contributed by atoms with E-state index in [1.54, 1.807) is 0 Å². The largest absolute Gasteiger partial charge is 0.388 e. The summed E-state index contributed by atoms with van der Waals surface area (Å²) >= 11 is 1.97. The van der Waals surface area contributed by atoms with Crippen LogP contribution in [0.2, 0.25) is 0 Å². The second kappa shape index (κ2) is 6.53. The average molecular weight is 174 g/mol. The molecule has 2 nitrogen and oxygen atoms in total. The van der Waals surface area contributed by atoms with Crippen molar-refractivity contribution < 1.29 is 0 Å². The molecule has 0 aromatic rings. The zero-order chi connectivity index (χ0) is 8.69. The zero-order valence-electron chi connectivity index (χ0n) is 7.39. The first-order chi connectivity index (χ1) is 5.13. The van der Waals surface area contributed by atoms with E-state index in [1.807, 2.05) is 11.8 Å². The Kier molecular flexibility index (Phi) is 6.42. The molecule has 0 aliphatic heterocycles. The van der Waals surface area contributed by atoms with Gasteiger partial charge in [0.25, 0.3) is 0 Å². The van der Waals surface area contributed by atoms with Gasteiger partial charge < -0.3 is 5.73 Å². The molecule has 0 rings (SSSR count). The van der Waals surface area contributed by atoms with Gasteiger partial charge in [0, 0.05) is 6.42 Å². The predicted octanol–water partition coefficient (Wildman–Crippen LogP) is 2.23. The van der Waals surface area contributed by atoms with Crippen LogP contribution in [0.4, 0.5) is 0 Å². The molecule has 66 valence electrons. The number of nitrogens with one attached hydrogen (secondary N) is 1. The van der Waals surface area contributed by atoms with E-state index in [0.29, 0.717) is 5.84 Å². The maximum absolute atomic E-state index is 6.99. The summed E-state index contributed by atoms with van der Waals surface area (Å²) in [6.07, 6.45) is 3.01. The van der Waals surface area contributed by atoms with E-state index in [4.69, 9.17) is 11.1 Å². The molecule has 0 unspecified atom stereocenters. The smallest absolute Gasteiger partial charge is 0.0905 e. The summed E-state index contributed by atoms with van der Waals surface area (Å²) in [5, 5.41) is 7.71.